The standard InChI is InChI=1S/C23H21F2N3O2/c1-3-30-23-26-10-16(11-27-23)22-18-8-14(2)4-7-20(18)28(21(22)13-29)12-15-5-6-17(24)9-19(15)25/h4-11,29H,3,12-13H2,1-2H3. The highest BCUT2D eigenvalue weighted by molar-refractivity contribution is 5.98. The molecule has 0 spiro atoms. The van der Waals surface area contributed by atoms with E-state index in [1.54, 1.807) is 12.4 Å². The zero-order valence-electron chi connectivity index (χ0n) is 16.7. The molecule has 0 radical (unpaired) electrons. The molecule has 5 nitrogen and oxygen atoms in total. The molecule has 0 bridgehead atoms. The number of ether oxygens (including phenoxy) is 1. The SMILES string of the molecule is CCOc1ncc(-c2c(CO)n(Cc3ccc(F)cc3F)c3ccc(C)cc23)cn1. The van der Waals surface area contributed by atoms with Crippen molar-refractivity contribution in [2.24, 2.45) is 0 Å². The normalized spacial score (nSPS) is 11.2. The number of hydrogen-bond acceptors (Lipinski definition) is 4. The molecule has 0 fully saturated rings. The lowest BCUT2D eigenvalue weighted by Gasteiger charge is -2.12. The van der Waals surface area contributed by atoms with E-state index >= 15 is 0 Å². The lowest BCUT2D eigenvalue weighted by Crippen LogP contribution is -2.07. The number of fused-ring (bicyclic) bond motifs is 1. The average molecular weight is 409 g/mol. The van der Waals surface area contributed by atoms with Gasteiger partial charge in [0.2, 0.25) is 0 Å². The predicted octanol–water partition coefficient (Wildman–Crippen LogP) is 4.62. The lowest BCUT2D eigenvalue weighted by molar-refractivity contribution is 0.272. The van der Waals surface area contributed by atoms with Gasteiger partial charge in [-0.1, -0.05) is 17.7 Å². The van der Waals surface area contributed by atoms with Gasteiger partial charge < -0.3 is 14.4 Å². The number of halogens is 2. The number of benzene rings is 2. The summed E-state index contributed by atoms with van der Waals surface area (Å²) >= 11 is 0. The van der Waals surface area contributed by atoms with E-state index in [-0.39, 0.29) is 19.2 Å². The molecule has 0 saturated carbocycles. The Kier molecular flexibility index (Phi) is 5.46. The van der Waals surface area contributed by atoms with Gasteiger partial charge in [0.1, 0.15) is 11.6 Å². The maximum Gasteiger partial charge on any atom is 0.316 e. The molecule has 0 saturated heterocycles. The quantitative estimate of drug-likeness (QED) is 0.505. The molecule has 1 N–H and O–H groups in total. The number of hydrogen-bond donors (Lipinski definition) is 1. The van der Waals surface area contributed by atoms with E-state index < -0.39 is 11.6 Å². The van der Waals surface area contributed by atoms with Crippen molar-refractivity contribution in [2.45, 2.75) is 27.0 Å². The first-order valence-electron chi connectivity index (χ1n) is 9.63. The van der Waals surface area contributed by atoms with E-state index in [2.05, 4.69) is 9.97 Å². The maximum atomic E-state index is 14.3. The van der Waals surface area contributed by atoms with E-state index in [1.165, 1.54) is 12.1 Å². The minimum Gasteiger partial charge on any atom is -0.464 e. The second kappa shape index (κ2) is 8.20. The molecule has 2 aromatic carbocycles. The van der Waals surface area contributed by atoms with Crippen molar-refractivity contribution < 1.29 is 18.6 Å². The predicted molar refractivity (Wildman–Crippen MR) is 110 cm³/mol. The Bertz CT molecular complexity index is 1200. The summed E-state index contributed by atoms with van der Waals surface area (Å²) in [5.41, 5.74) is 4.31. The highest BCUT2D eigenvalue weighted by Crippen LogP contribution is 2.36. The van der Waals surface area contributed by atoms with Crippen molar-refractivity contribution in [3.05, 3.63) is 77.2 Å². The summed E-state index contributed by atoms with van der Waals surface area (Å²) in [6.45, 7) is 4.18. The highest BCUT2D eigenvalue weighted by atomic mass is 19.1. The van der Waals surface area contributed by atoms with Crippen molar-refractivity contribution in [3.63, 3.8) is 0 Å². The molecular formula is C23H21F2N3O2. The molecule has 0 aliphatic carbocycles. The van der Waals surface area contributed by atoms with Crippen molar-refractivity contribution >= 4 is 10.9 Å². The highest BCUT2D eigenvalue weighted by Gasteiger charge is 2.20. The topological polar surface area (TPSA) is 60.2 Å². The fraction of sp³-hybridized carbons (Fsp3) is 0.217. The molecule has 0 amide bonds. The molecule has 0 atom stereocenters. The van der Waals surface area contributed by atoms with Gasteiger partial charge in [0.25, 0.3) is 0 Å². The zero-order valence-corrected chi connectivity index (χ0v) is 16.7. The summed E-state index contributed by atoms with van der Waals surface area (Å²) in [5.74, 6) is -1.25. The molecule has 0 aliphatic rings. The Hall–Kier alpha value is -3.32. The largest absolute Gasteiger partial charge is 0.464 e. The van der Waals surface area contributed by atoms with E-state index in [1.807, 2.05) is 36.6 Å². The van der Waals surface area contributed by atoms with Gasteiger partial charge in [0.15, 0.2) is 0 Å². The number of aromatic nitrogens is 3. The van der Waals surface area contributed by atoms with Gasteiger partial charge in [-0.25, -0.2) is 18.7 Å². The van der Waals surface area contributed by atoms with Gasteiger partial charge >= 0.3 is 6.01 Å². The first kappa shape index (κ1) is 20.0. The van der Waals surface area contributed by atoms with E-state index in [4.69, 9.17) is 4.74 Å². The summed E-state index contributed by atoms with van der Waals surface area (Å²) in [7, 11) is 0. The van der Waals surface area contributed by atoms with Crippen LogP contribution in [0.3, 0.4) is 0 Å². The molecule has 0 aliphatic heterocycles. The summed E-state index contributed by atoms with van der Waals surface area (Å²) in [6, 6.07) is 9.70. The second-order valence-electron chi connectivity index (χ2n) is 7.01. The average Bonchev–Trinajstić information content (AvgIpc) is 3.03. The first-order valence-corrected chi connectivity index (χ1v) is 9.63. The number of aliphatic hydroxyl groups excluding tert-OH is 1. The van der Waals surface area contributed by atoms with Crippen LogP contribution >= 0.6 is 0 Å². The minimum absolute atomic E-state index is 0.152. The number of aliphatic hydroxyl groups is 1. The molecule has 4 aromatic rings. The number of nitrogens with zero attached hydrogens (tertiary/aromatic N) is 3. The van der Waals surface area contributed by atoms with Crippen LogP contribution in [0, 0.1) is 18.6 Å². The van der Waals surface area contributed by atoms with Crippen molar-refractivity contribution in [2.75, 3.05) is 6.61 Å². The smallest absolute Gasteiger partial charge is 0.316 e. The lowest BCUT2D eigenvalue weighted by atomic mass is 10.0. The molecule has 7 heteroatoms. The van der Waals surface area contributed by atoms with Crippen LogP contribution in [-0.4, -0.2) is 26.2 Å². The van der Waals surface area contributed by atoms with Gasteiger partial charge in [0.05, 0.1) is 25.5 Å². The van der Waals surface area contributed by atoms with Gasteiger partial charge in [-0.05, 0) is 32.0 Å². The fourth-order valence-electron chi connectivity index (χ4n) is 3.66. The van der Waals surface area contributed by atoms with Crippen LogP contribution in [0.4, 0.5) is 8.78 Å². The van der Waals surface area contributed by atoms with Gasteiger partial charge in [-0.15, -0.1) is 0 Å². The molecule has 2 heterocycles. The summed E-state index contributed by atoms with van der Waals surface area (Å²) in [4.78, 5) is 8.48. The van der Waals surface area contributed by atoms with Gasteiger partial charge in [-0.2, -0.15) is 0 Å². The minimum atomic E-state index is -0.626. The van der Waals surface area contributed by atoms with Crippen LogP contribution < -0.4 is 4.74 Å². The molecule has 2 aromatic heterocycles. The Morgan fingerprint density at radius 3 is 2.50 bits per heavy atom. The Morgan fingerprint density at radius 1 is 1.07 bits per heavy atom. The maximum absolute atomic E-state index is 14.3. The van der Waals surface area contributed by atoms with Crippen LogP contribution in [-0.2, 0) is 13.2 Å². The van der Waals surface area contributed by atoms with Crippen LogP contribution in [0.1, 0.15) is 23.7 Å². The van der Waals surface area contributed by atoms with E-state index in [9.17, 15) is 13.9 Å². The fourth-order valence-corrected chi connectivity index (χ4v) is 3.66. The first-order chi connectivity index (χ1) is 14.5. The summed E-state index contributed by atoms with van der Waals surface area (Å²) < 4.78 is 34.8. The molecular weight excluding hydrogens is 388 g/mol. The Labute approximate surface area is 172 Å². The summed E-state index contributed by atoms with van der Waals surface area (Å²) in [6.07, 6.45) is 3.30. The third-order valence-corrected chi connectivity index (χ3v) is 5.01. The van der Waals surface area contributed by atoms with Gasteiger partial charge in [-0.3, -0.25) is 0 Å². The van der Waals surface area contributed by atoms with Crippen molar-refractivity contribution in [1.29, 1.82) is 0 Å². The third-order valence-electron chi connectivity index (χ3n) is 5.01. The zero-order chi connectivity index (χ0) is 21.3. The van der Waals surface area contributed by atoms with Crippen LogP contribution in [0.25, 0.3) is 22.0 Å². The van der Waals surface area contributed by atoms with E-state index in [0.29, 0.717) is 17.9 Å². The number of rotatable bonds is 6. The third kappa shape index (κ3) is 3.64. The summed E-state index contributed by atoms with van der Waals surface area (Å²) in [5, 5.41) is 11.1. The van der Waals surface area contributed by atoms with Crippen LogP contribution in [0.2, 0.25) is 0 Å². The molecule has 154 valence electrons. The van der Waals surface area contributed by atoms with Gasteiger partial charge in [0, 0.05) is 46.1 Å². The Balaban J connectivity index is 1.90. The molecule has 30 heavy (non-hydrogen) atoms. The number of aryl methyl sites for hydroxylation is 1. The van der Waals surface area contributed by atoms with Crippen LogP contribution in [0.15, 0.2) is 48.8 Å². The monoisotopic (exact) mass is 409 g/mol. The molecule has 4 rings (SSSR count). The van der Waals surface area contributed by atoms with Crippen molar-refractivity contribution in [3.8, 4) is 17.1 Å². The second-order valence-corrected chi connectivity index (χ2v) is 7.01. The Morgan fingerprint density at radius 2 is 1.83 bits per heavy atom. The van der Waals surface area contributed by atoms with Crippen molar-refractivity contribution in [1.82, 2.24) is 14.5 Å². The molecule has 0 unspecified atom stereocenters. The van der Waals surface area contributed by atoms with E-state index in [0.717, 1.165) is 33.7 Å². The van der Waals surface area contributed by atoms with Crippen LogP contribution in [0.5, 0.6) is 6.01 Å².